The number of thiophene rings is 1. The van der Waals surface area contributed by atoms with Gasteiger partial charge in [0.15, 0.2) is 5.11 Å². The molecule has 0 radical (unpaired) electrons. The molecule has 23 heavy (non-hydrogen) atoms. The molecule has 1 aliphatic heterocycles. The molecular formula is C17H21N3OS2. The maximum Gasteiger partial charge on any atom is 0.173 e. The maximum absolute atomic E-state index is 5.54. The van der Waals surface area contributed by atoms with E-state index >= 15 is 0 Å². The Bertz CT molecular complexity index is 620. The van der Waals surface area contributed by atoms with Crippen LogP contribution >= 0.6 is 23.6 Å². The van der Waals surface area contributed by atoms with Gasteiger partial charge in [-0.2, -0.15) is 11.3 Å². The number of thiocarbonyl (C=S) groups is 1. The van der Waals surface area contributed by atoms with Gasteiger partial charge < -0.3 is 15.0 Å². The average molecular weight is 348 g/mol. The SMILES string of the molecule is COc1ccc(NC(=S)N2CCN(Cc3ccsc3)CC2)cc1. The molecule has 1 saturated heterocycles. The van der Waals surface area contributed by atoms with E-state index in [1.807, 2.05) is 24.3 Å². The Balaban J connectivity index is 1.47. The first-order valence-corrected chi connectivity index (χ1v) is 9.03. The average Bonchev–Trinajstić information content (AvgIpc) is 3.09. The summed E-state index contributed by atoms with van der Waals surface area (Å²) in [6.07, 6.45) is 0. The first-order valence-electron chi connectivity index (χ1n) is 7.68. The van der Waals surface area contributed by atoms with Crippen molar-refractivity contribution in [2.45, 2.75) is 6.54 Å². The lowest BCUT2D eigenvalue weighted by atomic mass is 10.2. The highest BCUT2D eigenvalue weighted by Crippen LogP contribution is 2.16. The molecule has 0 spiro atoms. The van der Waals surface area contributed by atoms with Gasteiger partial charge >= 0.3 is 0 Å². The molecule has 2 heterocycles. The van der Waals surface area contributed by atoms with Crippen molar-refractivity contribution < 1.29 is 4.74 Å². The summed E-state index contributed by atoms with van der Waals surface area (Å²) in [7, 11) is 1.67. The fourth-order valence-corrected chi connectivity index (χ4v) is 3.59. The van der Waals surface area contributed by atoms with Crippen molar-refractivity contribution in [1.82, 2.24) is 9.80 Å². The molecule has 1 N–H and O–H groups in total. The van der Waals surface area contributed by atoms with Crippen LogP contribution in [0.5, 0.6) is 5.75 Å². The number of nitrogens with zero attached hydrogens (tertiary/aromatic N) is 2. The van der Waals surface area contributed by atoms with E-state index in [4.69, 9.17) is 17.0 Å². The molecule has 122 valence electrons. The molecule has 6 heteroatoms. The zero-order valence-electron chi connectivity index (χ0n) is 13.2. The van der Waals surface area contributed by atoms with Crippen LogP contribution < -0.4 is 10.1 Å². The van der Waals surface area contributed by atoms with Crippen molar-refractivity contribution in [3.05, 3.63) is 46.7 Å². The minimum atomic E-state index is 0.797. The number of hydrogen-bond donors (Lipinski definition) is 1. The van der Waals surface area contributed by atoms with E-state index in [0.717, 1.165) is 49.3 Å². The third-order valence-corrected chi connectivity index (χ3v) is 5.08. The second kappa shape index (κ2) is 7.77. The predicted octanol–water partition coefficient (Wildman–Crippen LogP) is 3.27. The summed E-state index contributed by atoms with van der Waals surface area (Å²) in [5, 5.41) is 8.47. The van der Waals surface area contributed by atoms with Gasteiger partial charge in [-0.25, -0.2) is 0 Å². The number of anilines is 1. The number of piperazine rings is 1. The summed E-state index contributed by atoms with van der Waals surface area (Å²) >= 11 is 7.30. The van der Waals surface area contributed by atoms with Crippen LogP contribution in [0.15, 0.2) is 41.1 Å². The third kappa shape index (κ3) is 4.43. The summed E-state index contributed by atoms with van der Waals surface area (Å²) in [4.78, 5) is 4.72. The van der Waals surface area contributed by atoms with Gasteiger partial charge in [0.05, 0.1) is 7.11 Å². The molecule has 0 unspecified atom stereocenters. The molecule has 1 aromatic heterocycles. The Kier molecular flexibility index (Phi) is 5.48. The largest absolute Gasteiger partial charge is 0.497 e. The van der Waals surface area contributed by atoms with E-state index in [9.17, 15) is 0 Å². The Labute approximate surface area is 146 Å². The first-order chi connectivity index (χ1) is 11.2. The van der Waals surface area contributed by atoms with E-state index in [0.29, 0.717) is 0 Å². The van der Waals surface area contributed by atoms with Crippen molar-refractivity contribution >= 4 is 34.4 Å². The molecule has 3 rings (SSSR count). The number of rotatable bonds is 4. The molecule has 1 aliphatic rings. The highest BCUT2D eigenvalue weighted by Gasteiger charge is 2.19. The van der Waals surface area contributed by atoms with Crippen molar-refractivity contribution in [1.29, 1.82) is 0 Å². The summed E-state index contributed by atoms with van der Waals surface area (Å²) in [5.41, 5.74) is 2.40. The molecule has 2 aromatic rings. The monoisotopic (exact) mass is 347 g/mol. The Morgan fingerprint density at radius 3 is 2.52 bits per heavy atom. The van der Waals surface area contributed by atoms with Crippen LogP contribution in [0, 0.1) is 0 Å². The summed E-state index contributed by atoms with van der Waals surface area (Å²) < 4.78 is 5.17. The number of ether oxygens (including phenoxy) is 1. The van der Waals surface area contributed by atoms with Crippen LogP contribution in [0.1, 0.15) is 5.56 Å². The normalized spacial score (nSPS) is 15.4. The van der Waals surface area contributed by atoms with Crippen LogP contribution in [0.4, 0.5) is 5.69 Å². The predicted molar refractivity (Wildman–Crippen MR) is 100 cm³/mol. The lowest BCUT2D eigenvalue weighted by molar-refractivity contribution is 0.177. The van der Waals surface area contributed by atoms with Crippen molar-refractivity contribution in [3.63, 3.8) is 0 Å². The quantitative estimate of drug-likeness (QED) is 0.857. The highest BCUT2D eigenvalue weighted by molar-refractivity contribution is 7.80. The molecule has 0 saturated carbocycles. The Morgan fingerprint density at radius 2 is 1.91 bits per heavy atom. The van der Waals surface area contributed by atoms with E-state index in [-0.39, 0.29) is 0 Å². The van der Waals surface area contributed by atoms with Gasteiger partial charge in [-0.15, -0.1) is 0 Å². The first kappa shape index (κ1) is 16.2. The third-order valence-electron chi connectivity index (χ3n) is 3.99. The van der Waals surface area contributed by atoms with Crippen LogP contribution in [0.2, 0.25) is 0 Å². The molecule has 1 fully saturated rings. The lowest BCUT2D eigenvalue weighted by Gasteiger charge is -2.36. The van der Waals surface area contributed by atoms with Crippen LogP contribution in [0.25, 0.3) is 0 Å². The fraction of sp³-hybridized carbons (Fsp3) is 0.353. The van der Waals surface area contributed by atoms with Gasteiger partial charge in [0.1, 0.15) is 5.75 Å². The van der Waals surface area contributed by atoms with Gasteiger partial charge in [0.25, 0.3) is 0 Å². The summed E-state index contributed by atoms with van der Waals surface area (Å²) in [6, 6.07) is 10.0. The highest BCUT2D eigenvalue weighted by atomic mass is 32.1. The van der Waals surface area contributed by atoms with Gasteiger partial charge in [-0.1, -0.05) is 0 Å². The minimum Gasteiger partial charge on any atom is -0.497 e. The summed E-state index contributed by atoms with van der Waals surface area (Å²) in [5.74, 6) is 0.850. The topological polar surface area (TPSA) is 27.7 Å². The Morgan fingerprint density at radius 1 is 1.17 bits per heavy atom. The maximum atomic E-state index is 5.54. The molecule has 0 aliphatic carbocycles. The van der Waals surface area contributed by atoms with Crippen molar-refractivity contribution in [3.8, 4) is 5.75 Å². The zero-order valence-corrected chi connectivity index (χ0v) is 14.8. The van der Waals surface area contributed by atoms with Crippen molar-refractivity contribution in [2.24, 2.45) is 0 Å². The number of benzene rings is 1. The van der Waals surface area contributed by atoms with E-state index in [2.05, 4.69) is 31.9 Å². The van der Waals surface area contributed by atoms with E-state index in [1.54, 1.807) is 18.4 Å². The second-order valence-corrected chi connectivity index (χ2v) is 6.72. The second-order valence-electron chi connectivity index (χ2n) is 5.55. The molecular weight excluding hydrogens is 326 g/mol. The summed E-state index contributed by atoms with van der Waals surface area (Å²) in [6.45, 7) is 5.05. The smallest absolute Gasteiger partial charge is 0.173 e. The van der Waals surface area contributed by atoms with E-state index in [1.165, 1.54) is 5.56 Å². The number of methoxy groups -OCH3 is 1. The van der Waals surface area contributed by atoms with Crippen molar-refractivity contribution in [2.75, 3.05) is 38.6 Å². The number of hydrogen-bond acceptors (Lipinski definition) is 4. The Hall–Kier alpha value is -1.63. The minimum absolute atomic E-state index is 0.797. The standard InChI is InChI=1S/C17H21N3OS2/c1-21-16-4-2-15(3-5-16)18-17(22)20-9-7-19(8-10-20)12-14-6-11-23-13-14/h2-6,11,13H,7-10,12H2,1H3,(H,18,22). The fourth-order valence-electron chi connectivity index (χ4n) is 2.63. The van der Waals surface area contributed by atoms with Gasteiger partial charge in [0, 0.05) is 38.4 Å². The van der Waals surface area contributed by atoms with E-state index < -0.39 is 0 Å². The lowest BCUT2D eigenvalue weighted by Crippen LogP contribution is -2.49. The molecule has 0 amide bonds. The molecule has 0 bridgehead atoms. The molecule has 4 nitrogen and oxygen atoms in total. The van der Waals surface area contributed by atoms with Gasteiger partial charge in [-0.05, 0) is 58.9 Å². The molecule has 1 aromatic carbocycles. The van der Waals surface area contributed by atoms with Crippen LogP contribution in [0.3, 0.4) is 0 Å². The van der Waals surface area contributed by atoms with Crippen LogP contribution in [-0.4, -0.2) is 48.2 Å². The van der Waals surface area contributed by atoms with Gasteiger partial charge in [0.2, 0.25) is 0 Å². The van der Waals surface area contributed by atoms with Crippen LogP contribution in [-0.2, 0) is 6.54 Å². The van der Waals surface area contributed by atoms with Gasteiger partial charge in [-0.3, -0.25) is 4.90 Å². The number of nitrogens with one attached hydrogen (secondary N) is 1. The molecule has 0 atom stereocenters. The zero-order chi connectivity index (χ0) is 16.1.